The molecule has 0 atom stereocenters. The number of pyridine rings is 1. The third kappa shape index (κ3) is 3.53. The van der Waals surface area contributed by atoms with E-state index >= 15 is 0 Å². The number of hydrogen-bond acceptors (Lipinski definition) is 3. The number of rotatable bonds is 4. The first-order chi connectivity index (χ1) is 11.3. The standard InChI is InChI=1S/C19H15N3O/c20-11-10-14-6-8-17(9-7-14)22-18(23)13-16-4-1-3-15-5-2-12-21-19(15)16/h1-9,12H,10,13H2,(H,22,23). The summed E-state index contributed by atoms with van der Waals surface area (Å²) in [5.74, 6) is -0.0869. The molecule has 1 N–H and O–H groups in total. The van der Waals surface area contributed by atoms with Crippen molar-refractivity contribution in [3.8, 4) is 6.07 Å². The van der Waals surface area contributed by atoms with Crippen molar-refractivity contribution in [2.75, 3.05) is 5.32 Å². The van der Waals surface area contributed by atoms with Crippen LogP contribution in [0.3, 0.4) is 0 Å². The number of benzene rings is 2. The molecule has 1 aromatic heterocycles. The lowest BCUT2D eigenvalue weighted by Gasteiger charge is -2.08. The Morgan fingerprint density at radius 1 is 1.09 bits per heavy atom. The van der Waals surface area contributed by atoms with Crippen LogP contribution in [-0.2, 0) is 17.6 Å². The Bertz CT molecular complexity index is 874. The highest BCUT2D eigenvalue weighted by Gasteiger charge is 2.08. The largest absolute Gasteiger partial charge is 0.326 e. The Morgan fingerprint density at radius 3 is 2.65 bits per heavy atom. The summed E-state index contributed by atoms with van der Waals surface area (Å²) in [6.07, 6.45) is 2.38. The first-order valence-electron chi connectivity index (χ1n) is 7.34. The third-order valence-electron chi connectivity index (χ3n) is 3.59. The smallest absolute Gasteiger partial charge is 0.228 e. The van der Waals surface area contributed by atoms with E-state index in [4.69, 9.17) is 5.26 Å². The second-order valence-corrected chi connectivity index (χ2v) is 5.25. The predicted molar refractivity (Wildman–Crippen MR) is 89.8 cm³/mol. The van der Waals surface area contributed by atoms with Crippen molar-refractivity contribution in [3.05, 3.63) is 71.9 Å². The lowest BCUT2D eigenvalue weighted by atomic mass is 10.1. The van der Waals surface area contributed by atoms with Gasteiger partial charge in [0.05, 0.1) is 24.4 Å². The number of nitrogens with one attached hydrogen (secondary N) is 1. The number of aromatic nitrogens is 1. The SMILES string of the molecule is N#CCc1ccc(NC(=O)Cc2cccc3cccnc23)cc1. The fourth-order valence-electron chi connectivity index (χ4n) is 2.49. The van der Waals surface area contributed by atoms with Crippen LogP contribution in [0.1, 0.15) is 11.1 Å². The Kier molecular flexibility index (Phi) is 4.30. The molecule has 0 bridgehead atoms. The summed E-state index contributed by atoms with van der Waals surface area (Å²) in [7, 11) is 0. The number of carbonyl (C=O) groups is 1. The lowest BCUT2D eigenvalue weighted by Crippen LogP contribution is -2.14. The maximum Gasteiger partial charge on any atom is 0.228 e. The molecule has 23 heavy (non-hydrogen) atoms. The van der Waals surface area contributed by atoms with E-state index in [9.17, 15) is 4.79 Å². The number of amides is 1. The number of nitriles is 1. The normalized spacial score (nSPS) is 10.2. The van der Waals surface area contributed by atoms with E-state index in [-0.39, 0.29) is 12.3 Å². The van der Waals surface area contributed by atoms with Gasteiger partial charge in [-0.25, -0.2) is 0 Å². The first-order valence-corrected chi connectivity index (χ1v) is 7.34. The maximum atomic E-state index is 12.2. The summed E-state index contributed by atoms with van der Waals surface area (Å²) in [6.45, 7) is 0. The van der Waals surface area contributed by atoms with Gasteiger partial charge >= 0.3 is 0 Å². The van der Waals surface area contributed by atoms with E-state index in [1.165, 1.54) is 0 Å². The van der Waals surface area contributed by atoms with Gasteiger partial charge in [0.2, 0.25) is 5.91 Å². The van der Waals surface area contributed by atoms with Crippen molar-refractivity contribution in [3.63, 3.8) is 0 Å². The number of hydrogen-bond donors (Lipinski definition) is 1. The molecule has 1 heterocycles. The fourth-order valence-corrected chi connectivity index (χ4v) is 2.49. The van der Waals surface area contributed by atoms with Crippen molar-refractivity contribution >= 4 is 22.5 Å². The zero-order valence-electron chi connectivity index (χ0n) is 12.5. The van der Waals surface area contributed by atoms with E-state index in [1.807, 2.05) is 54.6 Å². The van der Waals surface area contributed by atoms with Gasteiger partial charge in [-0.3, -0.25) is 9.78 Å². The van der Waals surface area contributed by atoms with Crippen molar-refractivity contribution in [1.29, 1.82) is 5.26 Å². The van der Waals surface area contributed by atoms with Crippen LogP contribution in [0.2, 0.25) is 0 Å². The van der Waals surface area contributed by atoms with Gasteiger partial charge in [-0.2, -0.15) is 5.26 Å². The van der Waals surface area contributed by atoms with Crippen LogP contribution < -0.4 is 5.32 Å². The average molecular weight is 301 g/mol. The van der Waals surface area contributed by atoms with E-state index < -0.39 is 0 Å². The van der Waals surface area contributed by atoms with Gasteiger partial charge < -0.3 is 5.32 Å². The van der Waals surface area contributed by atoms with Crippen LogP contribution in [0.25, 0.3) is 10.9 Å². The molecule has 0 unspecified atom stereocenters. The highest BCUT2D eigenvalue weighted by molar-refractivity contribution is 5.95. The van der Waals surface area contributed by atoms with Crippen LogP contribution in [-0.4, -0.2) is 10.9 Å². The Morgan fingerprint density at radius 2 is 1.87 bits per heavy atom. The molecule has 2 aromatic carbocycles. The van der Waals surface area contributed by atoms with E-state index in [2.05, 4.69) is 16.4 Å². The van der Waals surface area contributed by atoms with Crippen molar-refractivity contribution in [2.24, 2.45) is 0 Å². The number of carbonyl (C=O) groups excluding carboxylic acids is 1. The zero-order chi connectivity index (χ0) is 16.1. The molecule has 1 amide bonds. The van der Waals surface area contributed by atoms with Gasteiger partial charge in [-0.1, -0.05) is 36.4 Å². The molecule has 0 spiro atoms. The fraction of sp³-hybridized carbons (Fsp3) is 0.105. The van der Waals surface area contributed by atoms with E-state index in [0.717, 1.165) is 27.7 Å². The molecule has 3 aromatic rings. The molecule has 0 saturated heterocycles. The zero-order valence-corrected chi connectivity index (χ0v) is 12.5. The van der Waals surface area contributed by atoms with Crippen LogP contribution in [0.4, 0.5) is 5.69 Å². The van der Waals surface area contributed by atoms with Crippen molar-refractivity contribution in [2.45, 2.75) is 12.8 Å². The Labute approximate surface area is 134 Å². The molecule has 0 saturated carbocycles. The molecule has 0 fully saturated rings. The van der Waals surface area contributed by atoms with Gasteiger partial charge in [0, 0.05) is 17.3 Å². The minimum Gasteiger partial charge on any atom is -0.326 e. The minimum atomic E-state index is -0.0869. The van der Waals surface area contributed by atoms with Gasteiger partial charge in [0.25, 0.3) is 0 Å². The molecular formula is C19H15N3O. The molecule has 4 nitrogen and oxygen atoms in total. The monoisotopic (exact) mass is 301 g/mol. The number of anilines is 1. The molecule has 0 radical (unpaired) electrons. The number of para-hydroxylation sites is 1. The van der Waals surface area contributed by atoms with Gasteiger partial charge in [-0.05, 0) is 29.3 Å². The average Bonchev–Trinajstić information content (AvgIpc) is 2.57. The van der Waals surface area contributed by atoms with E-state index in [1.54, 1.807) is 6.20 Å². The third-order valence-corrected chi connectivity index (χ3v) is 3.59. The van der Waals surface area contributed by atoms with Crippen molar-refractivity contribution in [1.82, 2.24) is 4.98 Å². The summed E-state index contributed by atoms with van der Waals surface area (Å²) >= 11 is 0. The summed E-state index contributed by atoms with van der Waals surface area (Å²) in [5.41, 5.74) is 3.42. The summed E-state index contributed by atoms with van der Waals surface area (Å²) in [6, 6.07) is 19.1. The van der Waals surface area contributed by atoms with Gasteiger partial charge in [0.1, 0.15) is 0 Å². The molecular weight excluding hydrogens is 286 g/mol. The van der Waals surface area contributed by atoms with Gasteiger partial charge in [-0.15, -0.1) is 0 Å². The lowest BCUT2D eigenvalue weighted by molar-refractivity contribution is -0.115. The van der Waals surface area contributed by atoms with Crippen molar-refractivity contribution < 1.29 is 4.79 Å². The highest BCUT2D eigenvalue weighted by Crippen LogP contribution is 2.17. The quantitative estimate of drug-likeness (QED) is 0.802. The molecule has 0 aliphatic heterocycles. The number of fused-ring (bicyclic) bond motifs is 1. The van der Waals surface area contributed by atoms with Crippen LogP contribution in [0, 0.1) is 11.3 Å². The summed E-state index contributed by atoms with van der Waals surface area (Å²) in [5, 5.41) is 12.6. The topological polar surface area (TPSA) is 65.8 Å². The molecule has 3 rings (SSSR count). The molecule has 0 aliphatic carbocycles. The second-order valence-electron chi connectivity index (χ2n) is 5.25. The summed E-state index contributed by atoms with van der Waals surface area (Å²) in [4.78, 5) is 16.6. The predicted octanol–water partition coefficient (Wildman–Crippen LogP) is 3.48. The molecule has 112 valence electrons. The molecule has 0 aliphatic rings. The maximum absolute atomic E-state index is 12.2. The van der Waals surface area contributed by atoms with E-state index in [0.29, 0.717) is 6.42 Å². The Balaban J connectivity index is 1.72. The van der Waals surface area contributed by atoms with Gasteiger partial charge in [0.15, 0.2) is 0 Å². The van der Waals surface area contributed by atoms with Crippen LogP contribution in [0.15, 0.2) is 60.8 Å². The van der Waals surface area contributed by atoms with Crippen LogP contribution in [0.5, 0.6) is 0 Å². The first kappa shape index (κ1) is 14.7. The Hall–Kier alpha value is -3.19. The number of nitrogens with zero attached hydrogens (tertiary/aromatic N) is 2. The minimum absolute atomic E-state index is 0.0869. The highest BCUT2D eigenvalue weighted by atomic mass is 16.1. The summed E-state index contributed by atoms with van der Waals surface area (Å²) < 4.78 is 0. The second kappa shape index (κ2) is 6.71. The molecule has 4 heteroatoms. The van der Waals surface area contributed by atoms with Crippen LogP contribution >= 0.6 is 0 Å².